The van der Waals surface area contributed by atoms with Crippen molar-refractivity contribution in [1.82, 2.24) is 5.32 Å². The number of nitriles is 1. The van der Waals surface area contributed by atoms with Crippen LogP contribution in [0.15, 0.2) is 54.2 Å². The van der Waals surface area contributed by atoms with E-state index in [4.69, 9.17) is 5.73 Å². The summed E-state index contributed by atoms with van der Waals surface area (Å²) in [4.78, 5) is 14.0. The van der Waals surface area contributed by atoms with Crippen LogP contribution in [-0.4, -0.2) is 25.0 Å². The van der Waals surface area contributed by atoms with E-state index in [2.05, 4.69) is 16.3 Å². The van der Waals surface area contributed by atoms with Gasteiger partial charge in [0.25, 0.3) is 5.91 Å². The van der Waals surface area contributed by atoms with E-state index in [1.165, 1.54) is 12.1 Å². The number of allylic oxidation sites excluding steroid dienone is 1. The van der Waals surface area contributed by atoms with Crippen LogP contribution in [0.3, 0.4) is 0 Å². The summed E-state index contributed by atoms with van der Waals surface area (Å²) < 4.78 is 13.1. The molecular weight excluding hydrogens is 343 g/mol. The quantitative estimate of drug-likeness (QED) is 0.817. The SMILES string of the molecule is C/C=C(\N)C(=O)N[C@H]1CCN(c2ccc(-c3ccc(F)cc3)cc2C#N)C1. The second-order valence-corrected chi connectivity index (χ2v) is 6.50. The number of amides is 1. The molecule has 0 unspecified atom stereocenters. The van der Waals surface area contributed by atoms with E-state index in [0.717, 1.165) is 29.8 Å². The van der Waals surface area contributed by atoms with Crippen molar-refractivity contribution in [2.45, 2.75) is 19.4 Å². The van der Waals surface area contributed by atoms with E-state index in [-0.39, 0.29) is 23.5 Å². The molecule has 27 heavy (non-hydrogen) atoms. The van der Waals surface area contributed by atoms with Gasteiger partial charge in [-0.3, -0.25) is 4.79 Å². The van der Waals surface area contributed by atoms with Crippen LogP contribution in [0.1, 0.15) is 18.9 Å². The predicted octanol–water partition coefficient (Wildman–Crippen LogP) is 2.92. The van der Waals surface area contributed by atoms with E-state index in [1.807, 2.05) is 18.2 Å². The van der Waals surface area contributed by atoms with Crippen molar-refractivity contribution in [3.8, 4) is 17.2 Å². The first-order chi connectivity index (χ1) is 13.0. The molecule has 1 aliphatic heterocycles. The molecule has 3 rings (SSSR count). The average molecular weight is 364 g/mol. The van der Waals surface area contributed by atoms with Gasteiger partial charge in [-0.2, -0.15) is 5.26 Å². The highest BCUT2D eigenvalue weighted by Gasteiger charge is 2.26. The Morgan fingerprint density at radius 3 is 2.67 bits per heavy atom. The molecule has 138 valence electrons. The molecule has 1 atom stereocenters. The molecule has 2 aromatic rings. The van der Waals surface area contributed by atoms with Gasteiger partial charge in [0.1, 0.15) is 11.9 Å². The van der Waals surface area contributed by atoms with E-state index in [1.54, 1.807) is 25.1 Å². The maximum absolute atomic E-state index is 13.1. The Morgan fingerprint density at radius 2 is 2.00 bits per heavy atom. The van der Waals surface area contributed by atoms with E-state index in [9.17, 15) is 14.4 Å². The highest BCUT2D eigenvalue weighted by Crippen LogP contribution is 2.29. The van der Waals surface area contributed by atoms with Crippen LogP contribution >= 0.6 is 0 Å². The molecule has 1 heterocycles. The summed E-state index contributed by atoms with van der Waals surface area (Å²) in [6, 6.07) is 14.1. The van der Waals surface area contributed by atoms with Crippen molar-refractivity contribution in [1.29, 1.82) is 5.26 Å². The Bertz CT molecular complexity index is 915. The molecule has 0 spiro atoms. The van der Waals surface area contributed by atoms with E-state index in [0.29, 0.717) is 12.1 Å². The second kappa shape index (κ2) is 7.92. The van der Waals surface area contributed by atoms with Gasteiger partial charge in [-0.25, -0.2) is 4.39 Å². The third-order valence-corrected chi connectivity index (χ3v) is 4.73. The fourth-order valence-corrected chi connectivity index (χ4v) is 3.22. The summed E-state index contributed by atoms with van der Waals surface area (Å²) in [5, 5.41) is 12.5. The van der Waals surface area contributed by atoms with Gasteiger partial charge in [0, 0.05) is 19.1 Å². The maximum atomic E-state index is 13.1. The fourth-order valence-electron chi connectivity index (χ4n) is 3.22. The molecule has 1 amide bonds. The predicted molar refractivity (Wildman–Crippen MR) is 103 cm³/mol. The van der Waals surface area contributed by atoms with Crippen LogP contribution in [0.25, 0.3) is 11.1 Å². The van der Waals surface area contributed by atoms with E-state index < -0.39 is 0 Å². The van der Waals surface area contributed by atoms with Gasteiger partial charge < -0.3 is 16.0 Å². The number of rotatable bonds is 4. The molecule has 0 bridgehead atoms. The van der Waals surface area contributed by atoms with Crippen LogP contribution in [0, 0.1) is 17.1 Å². The Balaban J connectivity index is 1.77. The number of halogens is 1. The third kappa shape index (κ3) is 4.09. The van der Waals surface area contributed by atoms with Gasteiger partial charge in [0.15, 0.2) is 0 Å². The zero-order valence-corrected chi connectivity index (χ0v) is 15.1. The van der Waals surface area contributed by atoms with Gasteiger partial charge in [-0.05, 0) is 48.7 Å². The summed E-state index contributed by atoms with van der Waals surface area (Å²) in [5.74, 6) is -0.559. The molecule has 6 heteroatoms. The fraction of sp³-hybridized carbons (Fsp3) is 0.238. The summed E-state index contributed by atoms with van der Waals surface area (Å²) in [6.45, 7) is 3.08. The van der Waals surface area contributed by atoms with Crippen LogP contribution in [0.5, 0.6) is 0 Å². The minimum atomic E-state index is -0.292. The average Bonchev–Trinajstić information content (AvgIpc) is 3.15. The zero-order chi connectivity index (χ0) is 19.4. The first-order valence-electron chi connectivity index (χ1n) is 8.79. The zero-order valence-electron chi connectivity index (χ0n) is 15.1. The molecule has 2 aromatic carbocycles. The highest BCUT2D eigenvalue weighted by atomic mass is 19.1. The lowest BCUT2D eigenvalue weighted by molar-refractivity contribution is -0.118. The first kappa shape index (κ1) is 18.5. The molecular formula is C21H21FN4O. The van der Waals surface area contributed by atoms with Gasteiger partial charge in [-0.15, -0.1) is 0 Å². The van der Waals surface area contributed by atoms with Crippen molar-refractivity contribution < 1.29 is 9.18 Å². The molecule has 0 saturated carbocycles. The minimum Gasteiger partial charge on any atom is -0.395 e. The Morgan fingerprint density at radius 1 is 1.30 bits per heavy atom. The molecule has 0 radical (unpaired) electrons. The smallest absolute Gasteiger partial charge is 0.267 e. The monoisotopic (exact) mass is 364 g/mol. The second-order valence-electron chi connectivity index (χ2n) is 6.50. The minimum absolute atomic E-state index is 0.0145. The van der Waals surface area contributed by atoms with Crippen molar-refractivity contribution in [3.05, 3.63) is 65.6 Å². The number of hydrogen-bond donors (Lipinski definition) is 2. The number of anilines is 1. The Kier molecular flexibility index (Phi) is 5.41. The molecule has 1 aliphatic rings. The lowest BCUT2D eigenvalue weighted by Gasteiger charge is -2.21. The topological polar surface area (TPSA) is 82.2 Å². The first-order valence-corrected chi connectivity index (χ1v) is 8.79. The number of nitrogens with one attached hydrogen (secondary N) is 1. The number of benzene rings is 2. The van der Waals surface area contributed by atoms with Gasteiger partial charge in [-0.1, -0.05) is 24.3 Å². The Hall–Kier alpha value is -3.33. The normalized spacial score (nSPS) is 16.9. The number of nitrogens with zero attached hydrogens (tertiary/aromatic N) is 2. The molecule has 3 N–H and O–H groups in total. The summed E-state index contributed by atoms with van der Waals surface area (Å²) in [7, 11) is 0. The number of carbonyl (C=O) groups excluding carboxylic acids is 1. The Labute approximate surface area is 157 Å². The van der Waals surface area contributed by atoms with Crippen LogP contribution in [0.4, 0.5) is 10.1 Å². The van der Waals surface area contributed by atoms with Crippen LogP contribution in [0.2, 0.25) is 0 Å². The standard InChI is InChI=1S/C21H21FN4O/c1-2-19(24)21(27)25-18-9-10-26(13-18)20-8-5-15(11-16(20)12-23)14-3-6-17(22)7-4-14/h2-8,11,18H,9-10,13,24H2,1H3,(H,25,27)/b19-2-/t18-/m0/s1. The number of nitrogens with two attached hydrogens (primary N) is 1. The third-order valence-electron chi connectivity index (χ3n) is 4.73. The molecule has 0 aliphatic carbocycles. The molecule has 1 saturated heterocycles. The van der Waals surface area contributed by atoms with Crippen LogP contribution in [-0.2, 0) is 4.79 Å². The van der Waals surface area contributed by atoms with Crippen molar-refractivity contribution in [2.75, 3.05) is 18.0 Å². The number of hydrogen-bond acceptors (Lipinski definition) is 4. The van der Waals surface area contributed by atoms with Crippen LogP contribution < -0.4 is 16.0 Å². The number of carbonyl (C=O) groups is 1. The molecule has 0 aromatic heterocycles. The maximum Gasteiger partial charge on any atom is 0.267 e. The van der Waals surface area contributed by atoms with Gasteiger partial charge in [0.05, 0.1) is 16.9 Å². The van der Waals surface area contributed by atoms with Gasteiger partial charge >= 0.3 is 0 Å². The summed E-state index contributed by atoms with van der Waals surface area (Å²) in [6.07, 6.45) is 2.36. The van der Waals surface area contributed by atoms with Crippen molar-refractivity contribution in [3.63, 3.8) is 0 Å². The molecule has 5 nitrogen and oxygen atoms in total. The van der Waals surface area contributed by atoms with Crippen molar-refractivity contribution >= 4 is 11.6 Å². The lowest BCUT2D eigenvalue weighted by atomic mass is 10.0. The van der Waals surface area contributed by atoms with Gasteiger partial charge in [0.2, 0.25) is 0 Å². The van der Waals surface area contributed by atoms with E-state index >= 15 is 0 Å². The summed E-state index contributed by atoms with van der Waals surface area (Å²) in [5.41, 5.74) is 8.94. The highest BCUT2D eigenvalue weighted by molar-refractivity contribution is 5.92. The largest absolute Gasteiger partial charge is 0.395 e. The molecule has 1 fully saturated rings. The van der Waals surface area contributed by atoms with Crippen molar-refractivity contribution in [2.24, 2.45) is 5.73 Å². The summed E-state index contributed by atoms with van der Waals surface area (Å²) >= 11 is 0. The lowest BCUT2D eigenvalue weighted by Crippen LogP contribution is -2.39.